The Labute approximate surface area is 94.4 Å². The van der Waals surface area contributed by atoms with Crippen LogP contribution in [-0.4, -0.2) is 9.97 Å². The highest BCUT2D eigenvalue weighted by molar-refractivity contribution is 9.10. The van der Waals surface area contributed by atoms with Crippen molar-refractivity contribution >= 4 is 33.5 Å². The van der Waals surface area contributed by atoms with E-state index in [1.54, 1.807) is 6.20 Å². The second-order valence-electron chi connectivity index (χ2n) is 2.84. The van der Waals surface area contributed by atoms with Gasteiger partial charge in [-0.1, -0.05) is 27.5 Å². The van der Waals surface area contributed by atoms with Gasteiger partial charge in [0, 0.05) is 15.1 Å². The number of anilines is 1. The third-order valence-electron chi connectivity index (χ3n) is 1.77. The van der Waals surface area contributed by atoms with Crippen LogP contribution < -0.4 is 5.73 Å². The summed E-state index contributed by atoms with van der Waals surface area (Å²) in [7, 11) is 0. The summed E-state index contributed by atoms with van der Waals surface area (Å²) >= 11 is 9.28. The summed E-state index contributed by atoms with van der Waals surface area (Å²) in [4.78, 5) is 6.85. The van der Waals surface area contributed by atoms with E-state index in [2.05, 4.69) is 25.9 Å². The van der Waals surface area contributed by atoms with Gasteiger partial charge in [0.25, 0.3) is 0 Å². The molecule has 2 aromatic rings. The molecule has 1 heterocycles. The summed E-state index contributed by atoms with van der Waals surface area (Å²) in [6.07, 6.45) is 1.67. The fourth-order valence-electron chi connectivity index (χ4n) is 1.19. The lowest BCUT2D eigenvalue weighted by Crippen LogP contribution is -1.85. The van der Waals surface area contributed by atoms with E-state index in [1.807, 2.05) is 18.2 Å². The first-order valence-corrected chi connectivity index (χ1v) is 5.09. The van der Waals surface area contributed by atoms with E-state index in [4.69, 9.17) is 17.3 Å². The molecule has 1 aromatic heterocycles. The van der Waals surface area contributed by atoms with Gasteiger partial charge in [-0.2, -0.15) is 0 Å². The topological polar surface area (TPSA) is 54.7 Å². The van der Waals surface area contributed by atoms with E-state index in [0.717, 1.165) is 15.7 Å². The Bertz CT molecular complexity index is 447. The number of hydrogen-bond acceptors (Lipinski definition) is 2. The number of H-pyrrole nitrogens is 1. The quantitative estimate of drug-likeness (QED) is 0.838. The molecular weight excluding hydrogens is 265 g/mol. The van der Waals surface area contributed by atoms with Crippen molar-refractivity contribution in [3.05, 3.63) is 33.9 Å². The third kappa shape index (κ3) is 1.91. The Hall–Kier alpha value is -1.00. The molecule has 0 atom stereocenters. The Morgan fingerprint density at radius 1 is 1.36 bits per heavy atom. The molecule has 0 spiro atoms. The van der Waals surface area contributed by atoms with Crippen LogP contribution in [0.25, 0.3) is 11.3 Å². The largest absolute Gasteiger partial charge is 0.369 e. The van der Waals surface area contributed by atoms with Gasteiger partial charge in [0.2, 0.25) is 0 Å². The van der Waals surface area contributed by atoms with Crippen LogP contribution in [-0.2, 0) is 0 Å². The highest BCUT2D eigenvalue weighted by atomic mass is 79.9. The number of nitrogens with one attached hydrogen (secondary N) is 1. The molecule has 0 aliphatic carbocycles. The first-order valence-electron chi connectivity index (χ1n) is 3.92. The monoisotopic (exact) mass is 271 g/mol. The minimum atomic E-state index is 0.399. The van der Waals surface area contributed by atoms with Crippen LogP contribution >= 0.6 is 27.5 Å². The average molecular weight is 273 g/mol. The maximum atomic E-state index is 5.91. The van der Waals surface area contributed by atoms with Gasteiger partial charge in [0.05, 0.1) is 11.9 Å². The number of aromatic amines is 1. The van der Waals surface area contributed by atoms with Crippen molar-refractivity contribution in [2.45, 2.75) is 0 Å². The molecule has 14 heavy (non-hydrogen) atoms. The number of aromatic nitrogens is 2. The lowest BCUT2D eigenvalue weighted by molar-refractivity contribution is 1.32. The van der Waals surface area contributed by atoms with Crippen molar-refractivity contribution in [1.29, 1.82) is 0 Å². The van der Waals surface area contributed by atoms with E-state index >= 15 is 0 Å². The fourth-order valence-corrected chi connectivity index (χ4v) is 2.05. The summed E-state index contributed by atoms with van der Waals surface area (Å²) in [5, 5.41) is 0.669. The molecule has 3 nitrogen and oxygen atoms in total. The minimum absolute atomic E-state index is 0.399. The van der Waals surface area contributed by atoms with Gasteiger partial charge >= 0.3 is 0 Å². The van der Waals surface area contributed by atoms with E-state index < -0.39 is 0 Å². The van der Waals surface area contributed by atoms with Gasteiger partial charge in [0.15, 0.2) is 5.95 Å². The fraction of sp³-hybridized carbons (Fsp3) is 0. The predicted octanol–water partition coefficient (Wildman–Crippen LogP) is 3.07. The molecule has 72 valence electrons. The molecule has 0 bridgehead atoms. The molecule has 3 N–H and O–H groups in total. The zero-order valence-electron chi connectivity index (χ0n) is 7.09. The minimum Gasteiger partial charge on any atom is -0.369 e. The molecule has 0 aliphatic rings. The van der Waals surface area contributed by atoms with Crippen molar-refractivity contribution in [3.63, 3.8) is 0 Å². The summed E-state index contributed by atoms with van der Waals surface area (Å²) in [5.74, 6) is 0.399. The van der Waals surface area contributed by atoms with Crippen LogP contribution in [0.4, 0.5) is 5.95 Å². The highest BCUT2D eigenvalue weighted by Gasteiger charge is 2.03. The van der Waals surface area contributed by atoms with Crippen LogP contribution in [0.15, 0.2) is 28.9 Å². The summed E-state index contributed by atoms with van der Waals surface area (Å²) < 4.78 is 0.924. The molecule has 2 rings (SSSR count). The third-order valence-corrected chi connectivity index (χ3v) is 2.45. The summed E-state index contributed by atoms with van der Waals surface area (Å²) in [6, 6.07) is 5.61. The molecule has 0 fully saturated rings. The molecule has 5 heteroatoms. The van der Waals surface area contributed by atoms with Gasteiger partial charge in [0.1, 0.15) is 0 Å². The summed E-state index contributed by atoms with van der Waals surface area (Å²) in [5.41, 5.74) is 7.29. The SMILES string of the molecule is Nc1ncc(-c2cc(Cl)cc(Br)c2)[nH]1. The van der Waals surface area contributed by atoms with Crippen LogP contribution in [0.2, 0.25) is 5.02 Å². The van der Waals surface area contributed by atoms with Crippen molar-refractivity contribution in [1.82, 2.24) is 9.97 Å². The molecule has 0 saturated heterocycles. The van der Waals surface area contributed by atoms with Gasteiger partial charge in [-0.15, -0.1) is 0 Å². The van der Waals surface area contributed by atoms with Crippen LogP contribution in [0.1, 0.15) is 0 Å². The maximum Gasteiger partial charge on any atom is 0.197 e. The van der Waals surface area contributed by atoms with Gasteiger partial charge in [-0.25, -0.2) is 4.98 Å². The molecule has 0 unspecified atom stereocenters. The zero-order chi connectivity index (χ0) is 10.1. The number of imidazole rings is 1. The van der Waals surface area contributed by atoms with Crippen molar-refractivity contribution in [2.24, 2.45) is 0 Å². The van der Waals surface area contributed by atoms with Crippen LogP contribution in [0, 0.1) is 0 Å². The molecule has 1 aromatic carbocycles. The molecule has 0 aliphatic heterocycles. The molecular formula is C9H7BrClN3. The van der Waals surface area contributed by atoms with Gasteiger partial charge in [-0.05, 0) is 18.2 Å². The average Bonchev–Trinajstić information content (AvgIpc) is 2.50. The van der Waals surface area contributed by atoms with Crippen molar-refractivity contribution in [2.75, 3.05) is 5.73 Å². The maximum absolute atomic E-state index is 5.91. The summed E-state index contributed by atoms with van der Waals surface area (Å²) in [6.45, 7) is 0. The van der Waals surface area contributed by atoms with E-state index in [-0.39, 0.29) is 0 Å². The van der Waals surface area contributed by atoms with E-state index in [0.29, 0.717) is 11.0 Å². The number of halogens is 2. The standard InChI is InChI=1S/C9H7BrClN3/c10-6-1-5(2-7(11)3-6)8-4-13-9(12)14-8/h1-4H,(H3,12,13,14). The lowest BCUT2D eigenvalue weighted by atomic mass is 10.2. The molecule has 0 amide bonds. The molecule has 0 radical (unpaired) electrons. The lowest BCUT2D eigenvalue weighted by Gasteiger charge is -1.99. The van der Waals surface area contributed by atoms with E-state index in [9.17, 15) is 0 Å². The predicted molar refractivity (Wildman–Crippen MR) is 61.1 cm³/mol. The number of rotatable bonds is 1. The van der Waals surface area contributed by atoms with Gasteiger partial charge in [-0.3, -0.25) is 0 Å². The Morgan fingerprint density at radius 2 is 2.14 bits per heavy atom. The Balaban J connectivity index is 2.51. The van der Waals surface area contributed by atoms with Gasteiger partial charge < -0.3 is 10.7 Å². The normalized spacial score (nSPS) is 10.4. The zero-order valence-corrected chi connectivity index (χ0v) is 9.43. The highest BCUT2D eigenvalue weighted by Crippen LogP contribution is 2.26. The molecule has 0 saturated carbocycles. The second kappa shape index (κ2) is 3.63. The van der Waals surface area contributed by atoms with Crippen LogP contribution in [0.3, 0.4) is 0 Å². The first kappa shape index (κ1) is 9.55. The van der Waals surface area contributed by atoms with Crippen LogP contribution in [0.5, 0.6) is 0 Å². The Kier molecular flexibility index (Phi) is 2.48. The number of hydrogen-bond donors (Lipinski definition) is 2. The number of nitrogens with zero attached hydrogens (tertiary/aromatic N) is 1. The number of nitrogens with two attached hydrogens (primary N) is 1. The number of benzene rings is 1. The van der Waals surface area contributed by atoms with Crippen molar-refractivity contribution in [3.8, 4) is 11.3 Å². The smallest absolute Gasteiger partial charge is 0.197 e. The Morgan fingerprint density at radius 3 is 2.71 bits per heavy atom. The van der Waals surface area contributed by atoms with E-state index in [1.165, 1.54) is 0 Å². The number of nitrogen functional groups attached to an aromatic ring is 1. The van der Waals surface area contributed by atoms with Crippen molar-refractivity contribution < 1.29 is 0 Å². The first-order chi connectivity index (χ1) is 6.65. The second-order valence-corrected chi connectivity index (χ2v) is 4.19.